The van der Waals surface area contributed by atoms with Crippen molar-refractivity contribution in [2.45, 2.75) is 18.5 Å². The number of pyridine rings is 1. The maximum absolute atomic E-state index is 12.6. The van der Waals surface area contributed by atoms with E-state index in [0.717, 1.165) is 12.1 Å². The van der Waals surface area contributed by atoms with Crippen molar-refractivity contribution in [3.05, 3.63) is 54.9 Å². The van der Waals surface area contributed by atoms with Gasteiger partial charge < -0.3 is 19.8 Å². The van der Waals surface area contributed by atoms with Gasteiger partial charge in [0.2, 0.25) is 0 Å². The van der Waals surface area contributed by atoms with Crippen molar-refractivity contribution in [3.8, 4) is 0 Å². The number of imidazole rings is 1. The predicted octanol–water partition coefficient (Wildman–Crippen LogP) is 1.12. The van der Waals surface area contributed by atoms with Gasteiger partial charge in [0.15, 0.2) is 0 Å². The van der Waals surface area contributed by atoms with Crippen molar-refractivity contribution in [1.82, 2.24) is 24.7 Å². The van der Waals surface area contributed by atoms with Crippen molar-refractivity contribution in [3.63, 3.8) is 0 Å². The maximum atomic E-state index is 12.6. The molecule has 4 rings (SSSR count). The molecule has 0 bridgehead atoms. The first-order valence-electron chi connectivity index (χ1n) is 8.14. The van der Waals surface area contributed by atoms with Gasteiger partial charge in [0, 0.05) is 25.2 Å². The topological polar surface area (TPSA) is 93.4 Å². The second-order valence-electron chi connectivity index (χ2n) is 5.88. The van der Waals surface area contributed by atoms with Crippen LogP contribution in [0.2, 0.25) is 0 Å². The minimum absolute atomic E-state index is 0.0652. The smallest absolute Gasteiger partial charge is 0.271 e. The molecule has 1 amide bonds. The molecular weight excluding hydrogens is 320 g/mol. The van der Waals surface area contributed by atoms with Crippen molar-refractivity contribution < 1.29 is 9.53 Å². The molecule has 1 fully saturated rings. The SMILES string of the molecule is O=C(N[C@H]1CCOC[C@H]1Nc1ccncn1)c1cn2ccccc2n1. The molecule has 1 aliphatic heterocycles. The first kappa shape index (κ1) is 15.5. The van der Waals surface area contributed by atoms with Gasteiger partial charge in [-0.3, -0.25) is 4.79 Å². The van der Waals surface area contributed by atoms with Crippen LogP contribution in [0.25, 0.3) is 5.65 Å². The van der Waals surface area contributed by atoms with E-state index in [-0.39, 0.29) is 18.0 Å². The van der Waals surface area contributed by atoms with E-state index in [1.165, 1.54) is 6.33 Å². The zero-order valence-corrected chi connectivity index (χ0v) is 13.5. The van der Waals surface area contributed by atoms with Gasteiger partial charge in [-0.25, -0.2) is 15.0 Å². The molecule has 8 heteroatoms. The molecule has 2 atom stereocenters. The van der Waals surface area contributed by atoms with Crippen LogP contribution in [0.5, 0.6) is 0 Å². The lowest BCUT2D eigenvalue weighted by atomic mass is 10.0. The van der Waals surface area contributed by atoms with E-state index in [1.54, 1.807) is 18.5 Å². The van der Waals surface area contributed by atoms with E-state index in [2.05, 4.69) is 25.6 Å². The number of hydrogen-bond donors (Lipinski definition) is 2. The summed E-state index contributed by atoms with van der Waals surface area (Å²) in [5, 5.41) is 6.36. The predicted molar refractivity (Wildman–Crippen MR) is 91.3 cm³/mol. The van der Waals surface area contributed by atoms with Crippen LogP contribution in [-0.4, -0.2) is 50.6 Å². The van der Waals surface area contributed by atoms with Gasteiger partial charge in [0.1, 0.15) is 23.5 Å². The monoisotopic (exact) mass is 338 g/mol. The average Bonchev–Trinajstić information content (AvgIpc) is 3.09. The van der Waals surface area contributed by atoms with Gasteiger partial charge in [-0.05, 0) is 24.6 Å². The Morgan fingerprint density at radius 1 is 1.28 bits per heavy atom. The van der Waals surface area contributed by atoms with Crippen molar-refractivity contribution in [2.24, 2.45) is 0 Å². The summed E-state index contributed by atoms with van der Waals surface area (Å²) in [5.41, 5.74) is 1.15. The van der Waals surface area contributed by atoms with Gasteiger partial charge in [-0.15, -0.1) is 0 Å². The summed E-state index contributed by atoms with van der Waals surface area (Å²) in [5.74, 6) is 0.516. The quantitative estimate of drug-likeness (QED) is 0.740. The van der Waals surface area contributed by atoms with Crippen LogP contribution in [0.1, 0.15) is 16.9 Å². The van der Waals surface area contributed by atoms with Crippen LogP contribution in [0, 0.1) is 0 Å². The largest absolute Gasteiger partial charge is 0.379 e. The van der Waals surface area contributed by atoms with Gasteiger partial charge in [-0.1, -0.05) is 6.07 Å². The Kier molecular flexibility index (Phi) is 4.26. The maximum Gasteiger partial charge on any atom is 0.271 e. The summed E-state index contributed by atoms with van der Waals surface area (Å²) >= 11 is 0. The number of anilines is 1. The first-order valence-corrected chi connectivity index (χ1v) is 8.14. The molecule has 0 radical (unpaired) electrons. The lowest BCUT2D eigenvalue weighted by Gasteiger charge is -2.32. The molecule has 8 nitrogen and oxygen atoms in total. The molecule has 3 aromatic rings. The summed E-state index contributed by atoms with van der Waals surface area (Å²) in [6.07, 6.45) is 7.48. The molecule has 0 unspecified atom stereocenters. The number of nitrogens with zero attached hydrogens (tertiary/aromatic N) is 4. The van der Waals surface area contributed by atoms with Crippen LogP contribution in [0.15, 0.2) is 49.2 Å². The molecule has 1 aliphatic rings. The molecule has 25 heavy (non-hydrogen) atoms. The Labute approximate surface area is 144 Å². The zero-order chi connectivity index (χ0) is 17.1. The van der Waals surface area contributed by atoms with Gasteiger partial charge >= 0.3 is 0 Å². The number of hydrogen-bond acceptors (Lipinski definition) is 6. The Bertz CT molecular complexity index is 833. The van der Waals surface area contributed by atoms with Crippen molar-refractivity contribution in [2.75, 3.05) is 18.5 Å². The van der Waals surface area contributed by atoms with E-state index in [9.17, 15) is 4.79 Å². The molecule has 0 saturated carbocycles. The third kappa shape index (κ3) is 3.43. The lowest BCUT2D eigenvalue weighted by Crippen LogP contribution is -2.52. The van der Waals surface area contributed by atoms with E-state index < -0.39 is 0 Å². The minimum atomic E-state index is -0.190. The highest BCUT2D eigenvalue weighted by Crippen LogP contribution is 2.14. The number of carbonyl (C=O) groups excluding carboxylic acids is 1. The highest BCUT2D eigenvalue weighted by atomic mass is 16.5. The Balaban J connectivity index is 1.48. The molecule has 3 aromatic heterocycles. The van der Waals surface area contributed by atoms with E-state index in [1.807, 2.05) is 28.8 Å². The molecule has 0 aliphatic carbocycles. The van der Waals surface area contributed by atoms with Crippen LogP contribution >= 0.6 is 0 Å². The Hall–Kier alpha value is -3.00. The standard InChI is InChI=1S/C17H18N6O2/c24-17(13-9-23-7-2-1-3-16(23)21-13)22-12-5-8-25-10-14(12)20-15-4-6-18-11-19-15/h1-4,6-7,9,11-12,14H,5,8,10H2,(H,22,24)(H,18,19,20)/t12-,14+/m0/s1. The molecule has 1 saturated heterocycles. The average molecular weight is 338 g/mol. The number of aromatic nitrogens is 4. The second kappa shape index (κ2) is 6.86. The first-order chi connectivity index (χ1) is 12.3. The minimum Gasteiger partial charge on any atom is -0.379 e. The summed E-state index contributed by atoms with van der Waals surface area (Å²) in [6.45, 7) is 1.11. The molecule has 2 N–H and O–H groups in total. The summed E-state index contributed by atoms with van der Waals surface area (Å²) < 4.78 is 7.37. The normalized spacial score (nSPS) is 20.3. The van der Waals surface area contributed by atoms with E-state index >= 15 is 0 Å². The fourth-order valence-electron chi connectivity index (χ4n) is 2.91. The van der Waals surface area contributed by atoms with Crippen LogP contribution in [0.3, 0.4) is 0 Å². The van der Waals surface area contributed by atoms with Crippen LogP contribution < -0.4 is 10.6 Å². The fourth-order valence-corrected chi connectivity index (χ4v) is 2.91. The number of fused-ring (bicyclic) bond motifs is 1. The van der Waals surface area contributed by atoms with Gasteiger partial charge in [0.05, 0.1) is 18.7 Å². The number of rotatable bonds is 4. The van der Waals surface area contributed by atoms with Crippen molar-refractivity contribution in [1.29, 1.82) is 0 Å². The van der Waals surface area contributed by atoms with Gasteiger partial charge in [0.25, 0.3) is 5.91 Å². The number of carbonyl (C=O) groups is 1. The highest BCUT2D eigenvalue weighted by molar-refractivity contribution is 5.93. The molecule has 4 heterocycles. The Morgan fingerprint density at radius 2 is 2.24 bits per heavy atom. The lowest BCUT2D eigenvalue weighted by molar-refractivity contribution is 0.0618. The molecular formula is C17H18N6O2. The second-order valence-corrected chi connectivity index (χ2v) is 5.88. The third-order valence-corrected chi connectivity index (χ3v) is 4.18. The zero-order valence-electron chi connectivity index (χ0n) is 13.5. The summed E-state index contributed by atoms with van der Waals surface area (Å²) in [4.78, 5) is 25.0. The number of ether oxygens (including phenoxy) is 1. The van der Waals surface area contributed by atoms with Gasteiger partial charge in [-0.2, -0.15) is 0 Å². The molecule has 0 spiro atoms. The van der Waals surface area contributed by atoms with Crippen molar-refractivity contribution >= 4 is 17.4 Å². The fraction of sp³-hybridized carbons (Fsp3) is 0.294. The van der Waals surface area contributed by atoms with Crippen LogP contribution in [-0.2, 0) is 4.74 Å². The third-order valence-electron chi connectivity index (χ3n) is 4.18. The summed E-state index contributed by atoms with van der Waals surface area (Å²) in [6, 6.07) is 7.31. The Morgan fingerprint density at radius 3 is 3.08 bits per heavy atom. The van der Waals surface area contributed by atoms with E-state index in [0.29, 0.717) is 24.7 Å². The molecule has 0 aromatic carbocycles. The molecule has 128 valence electrons. The van der Waals surface area contributed by atoms with E-state index in [4.69, 9.17) is 4.74 Å². The number of amides is 1. The highest BCUT2D eigenvalue weighted by Gasteiger charge is 2.28. The number of nitrogens with one attached hydrogen (secondary N) is 2. The van der Waals surface area contributed by atoms with Crippen LogP contribution in [0.4, 0.5) is 5.82 Å². The summed E-state index contributed by atoms with van der Waals surface area (Å²) in [7, 11) is 0.